The Balaban J connectivity index is 2.15. The Kier molecular flexibility index (Phi) is 9.27. The number of aliphatic hydroxyl groups is 2. The van der Waals surface area contributed by atoms with Gasteiger partial charge in [0.2, 0.25) is 0 Å². The maximum absolute atomic E-state index is 9.24. The Morgan fingerprint density at radius 2 is 1.55 bits per heavy atom. The second-order valence-corrected chi connectivity index (χ2v) is 6.17. The molecule has 0 saturated heterocycles. The predicted molar refractivity (Wildman–Crippen MR) is 87.3 cm³/mol. The zero-order chi connectivity index (χ0) is 16.3. The Labute approximate surface area is 133 Å². The molecule has 0 amide bonds. The molecule has 6 nitrogen and oxygen atoms in total. The molecule has 6 heteroatoms. The molecule has 4 N–H and O–H groups in total. The summed E-state index contributed by atoms with van der Waals surface area (Å²) >= 11 is 0. The summed E-state index contributed by atoms with van der Waals surface area (Å²) in [6.45, 7) is 2.35. The van der Waals surface area contributed by atoms with Crippen LogP contribution in [0.4, 0.5) is 0 Å². The van der Waals surface area contributed by atoms with E-state index in [9.17, 15) is 10.2 Å². The average molecular weight is 312 g/mol. The second kappa shape index (κ2) is 10.7. The topological polar surface area (TPSA) is 97.2 Å². The van der Waals surface area contributed by atoms with Crippen molar-refractivity contribution in [3.63, 3.8) is 0 Å². The molecule has 22 heavy (non-hydrogen) atoms. The van der Waals surface area contributed by atoms with Gasteiger partial charge in [-0.25, -0.2) is 0 Å². The quantitative estimate of drug-likeness (QED) is 0.484. The number of rotatable bonds is 13. The van der Waals surface area contributed by atoms with Crippen LogP contribution in [0, 0.1) is 0 Å². The molecule has 0 aliphatic heterocycles. The first-order chi connectivity index (χ1) is 10.7. The molecule has 1 aromatic rings. The minimum atomic E-state index is -1.20. The predicted octanol–water partition coefficient (Wildman–Crippen LogP) is 1.95. The van der Waals surface area contributed by atoms with Gasteiger partial charge in [0.05, 0.1) is 19.4 Å². The van der Waals surface area contributed by atoms with Gasteiger partial charge >= 0.3 is 0 Å². The summed E-state index contributed by atoms with van der Waals surface area (Å²) in [4.78, 5) is 0. The van der Waals surface area contributed by atoms with Crippen LogP contribution in [-0.4, -0.2) is 38.4 Å². The second-order valence-electron chi connectivity index (χ2n) is 6.17. The smallest absolute Gasteiger partial charge is 0.109 e. The van der Waals surface area contributed by atoms with Crippen molar-refractivity contribution in [1.82, 2.24) is 15.0 Å². The lowest BCUT2D eigenvalue weighted by atomic mass is 10.0. The highest BCUT2D eigenvalue weighted by Crippen LogP contribution is 2.14. The summed E-state index contributed by atoms with van der Waals surface area (Å²) in [5.74, 6) is 0. The number of aliphatic hydroxyl groups excluding tert-OH is 2. The molecule has 0 fully saturated rings. The van der Waals surface area contributed by atoms with Gasteiger partial charge in [-0.1, -0.05) is 63.5 Å². The molecule has 1 rings (SSSR count). The van der Waals surface area contributed by atoms with E-state index in [0.717, 1.165) is 13.0 Å². The molecule has 0 radical (unpaired) electrons. The van der Waals surface area contributed by atoms with Gasteiger partial charge in [-0.2, -0.15) is 0 Å². The molecule has 0 spiro atoms. The fourth-order valence-electron chi connectivity index (χ4n) is 2.43. The summed E-state index contributed by atoms with van der Waals surface area (Å²) in [5.41, 5.74) is 5.10. The number of hydrogen-bond acceptors (Lipinski definition) is 5. The van der Waals surface area contributed by atoms with E-state index in [0.29, 0.717) is 5.69 Å². The number of nitrogens with two attached hydrogens (primary N) is 1. The molecular formula is C16H32N4O2. The fraction of sp³-hybridized carbons (Fsp3) is 0.875. The van der Waals surface area contributed by atoms with Crippen LogP contribution >= 0.6 is 0 Å². The first kappa shape index (κ1) is 19.1. The van der Waals surface area contributed by atoms with Crippen molar-refractivity contribution in [3.8, 4) is 0 Å². The molecule has 0 bridgehead atoms. The van der Waals surface area contributed by atoms with Crippen LogP contribution in [0.5, 0.6) is 0 Å². The van der Waals surface area contributed by atoms with Gasteiger partial charge in [0.15, 0.2) is 0 Å². The van der Waals surface area contributed by atoms with E-state index in [1.165, 1.54) is 51.4 Å². The van der Waals surface area contributed by atoms with Crippen LogP contribution < -0.4 is 5.73 Å². The van der Waals surface area contributed by atoms with Crippen molar-refractivity contribution in [2.45, 2.75) is 76.8 Å². The van der Waals surface area contributed by atoms with E-state index >= 15 is 0 Å². The lowest BCUT2D eigenvalue weighted by molar-refractivity contribution is 0.118. The largest absolute Gasteiger partial charge is 0.394 e. The Morgan fingerprint density at radius 1 is 1.00 bits per heavy atom. The van der Waals surface area contributed by atoms with E-state index < -0.39 is 5.54 Å². The van der Waals surface area contributed by atoms with Crippen LogP contribution in [0.15, 0.2) is 6.20 Å². The van der Waals surface area contributed by atoms with Crippen LogP contribution in [-0.2, 0) is 12.1 Å². The summed E-state index contributed by atoms with van der Waals surface area (Å²) in [6.07, 6.45) is 13.3. The van der Waals surface area contributed by atoms with Crippen molar-refractivity contribution < 1.29 is 10.2 Å². The molecule has 0 aromatic carbocycles. The number of aryl methyl sites for hydroxylation is 1. The van der Waals surface area contributed by atoms with Gasteiger partial charge in [0, 0.05) is 6.54 Å². The number of unbranched alkanes of at least 4 members (excludes halogenated alkanes) is 8. The Hall–Kier alpha value is -0.980. The van der Waals surface area contributed by atoms with Crippen molar-refractivity contribution in [3.05, 3.63) is 11.9 Å². The van der Waals surface area contributed by atoms with Gasteiger partial charge in [-0.15, -0.1) is 5.10 Å². The van der Waals surface area contributed by atoms with Crippen LogP contribution in [0.1, 0.15) is 70.4 Å². The van der Waals surface area contributed by atoms with Crippen molar-refractivity contribution in [2.24, 2.45) is 5.73 Å². The minimum absolute atomic E-state index is 0.347. The molecule has 1 aromatic heterocycles. The van der Waals surface area contributed by atoms with Crippen LogP contribution in [0.2, 0.25) is 0 Å². The highest BCUT2D eigenvalue weighted by Gasteiger charge is 2.29. The van der Waals surface area contributed by atoms with E-state index in [2.05, 4.69) is 17.2 Å². The van der Waals surface area contributed by atoms with Gasteiger partial charge in [0.25, 0.3) is 0 Å². The van der Waals surface area contributed by atoms with Crippen molar-refractivity contribution >= 4 is 0 Å². The monoisotopic (exact) mass is 312 g/mol. The van der Waals surface area contributed by atoms with Crippen LogP contribution in [0.3, 0.4) is 0 Å². The fourth-order valence-corrected chi connectivity index (χ4v) is 2.43. The SMILES string of the molecule is CCCCCCCCCCCn1cc(C(N)(CO)CO)nn1. The molecule has 0 unspecified atom stereocenters. The molecule has 0 aliphatic rings. The first-order valence-electron chi connectivity index (χ1n) is 8.57. The Bertz CT molecular complexity index is 391. The number of aromatic nitrogens is 3. The zero-order valence-electron chi connectivity index (χ0n) is 13.9. The van der Waals surface area contributed by atoms with Gasteiger partial charge < -0.3 is 15.9 Å². The van der Waals surface area contributed by atoms with Crippen molar-refractivity contribution in [2.75, 3.05) is 13.2 Å². The molecule has 128 valence electrons. The van der Waals surface area contributed by atoms with Crippen LogP contribution in [0.25, 0.3) is 0 Å². The van der Waals surface area contributed by atoms with E-state index in [-0.39, 0.29) is 13.2 Å². The summed E-state index contributed by atoms with van der Waals surface area (Å²) in [6, 6.07) is 0. The summed E-state index contributed by atoms with van der Waals surface area (Å²) < 4.78 is 1.74. The standard InChI is InChI=1S/C16H32N4O2/c1-2-3-4-5-6-7-8-9-10-11-20-12-15(18-19-20)16(17,13-21)14-22/h12,21-22H,2-11,13-14,17H2,1H3. The maximum Gasteiger partial charge on any atom is 0.109 e. The van der Waals surface area contributed by atoms with Gasteiger partial charge in [-0.05, 0) is 6.42 Å². The third kappa shape index (κ3) is 6.42. The lowest BCUT2D eigenvalue weighted by Crippen LogP contribution is -2.44. The highest BCUT2D eigenvalue weighted by atomic mass is 16.3. The maximum atomic E-state index is 9.24. The van der Waals surface area contributed by atoms with E-state index in [4.69, 9.17) is 5.73 Å². The number of hydrogen-bond donors (Lipinski definition) is 3. The average Bonchev–Trinajstić information content (AvgIpc) is 3.02. The third-order valence-electron chi connectivity index (χ3n) is 4.10. The van der Waals surface area contributed by atoms with Crippen molar-refractivity contribution in [1.29, 1.82) is 0 Å². The first-order valence-corrected chi connectivity index (χ1v) is 8.57. The molecule has 0 aliphatic carbocycles. The highest BCUT2D eigenvalue weighted by molar-refractivity contribution is 5.09. The van der Waals surface area contributed by atoms with Gasteiger partial charge in [0.1, 0.15) is 11.2 Å². The van der Waals surface area contributed by atoms with Gasteiger partial charge in [-0.3, -0.25) is 4.68 Å². The molecule has 0 atom stereocenters. The lowest BCUT2D eigenvalue weighted by Gasteiger charge is -2.20. The molecule has 1 heterocycles. The normalized spacial score (nSPS) is 12.0. The van der Waals surface area contributed by atoms with E-state index in [1.54, 1.807) is 10.9 Å². The molecular weight excluding hydrogens is 280 g/mol. The minimum Gasteiger partial charge on any atom is -0.394 e. The molecule has 0 saturated carbocycles. The zero-order valence-corrected chi connectivity index (χ0v) is 13.9. The summed E-state index contributed by atoms with van der Waals surface area (Å²) in [5, 5.41) is 26.4. The van der Waals surface area contributed by atoms with E-state index in [1.807, 2.05) is 0 Å². The third-order valence-corrected chi connectivity index (χ3v) is 4.10. The number of nitrogens with zero attached hydrogens (tertiary/aromatic N) is 3. The summed E-state index contributed by atoms with van der Waals surface area (Å²) in [7, 11) is 0. The Morgan fingerprint density at radius 3 is 2.09 bits per heavy atom.